The van der Waals surface area contributed by atoms with Crippen molar-refractivity contribution in [3.05, 3.63) is 0 Å². The molecule has 0 aromatic carbocycles. The van der Waals surface area contributed by atoms with Crippen LogP contribution in [0.15, 0.2) is 4.99 Å². The lowest BCUT2D eigenvalue weighted by Crippen LogP contribution is -2.56. The van der Waals surface area contributed by atoms with Crippen LogP contribution < -0.4 is 0 Å². The Morgan fingerprint density at radius 2 is 1.95 bits per heavy atom. The van der Waals surface area contributed by atoms with Gasteiger partial charge in [-0.15, -0.1) is 0 Å². The van der Waals surface area contributed by atoms with Crippen molar-refractivity contribution in [2.75, 3.05) is 14.1 Å². The summed E-state index contributed by atoms with van der Waals surface area (Å²) in [5, 5.41) is 10.9. The molecular weight excluding hydrogens is 280 g/mol. The van der Waals surface area contributed by atoms with E-state index >= 15 is 0 Å². The van der Waals surface area contributed by atoms with Gasteiger partial charge in [-0.1, -0.05) is 11.8 Å². The molecule has 0 amide bonds. The number of fused-ring (bicyclic) bond motifs is 3. The number of nitrogens with zero attached hydrogens (tertiary/aromatic N) is 2. The third kappa shape index (κ3) is 2.35. The summed E-state index contributed by atoms with van der Waals surface area (Å²) in [5.74, 6) is -0.665. The van der Waals surface area contributed by atoms with Gasteiger partial charge in [0.15, 0.2) is 11.0 Å². The van der Waals surface area contributed by atoms with E-state index < -0.39 is 11.9 Å². The van der Waals surface area contributed by atoms with E-state index in [-0.39, 0.29) is 29.8 Å². The Balaban J connectivity index is 1.89. The number of rotatable bonds is 1. The van der Waals surface area contributed by atoms with Crippen molar-refractivity contribution in [2.24, 2.45) is 4.99 Å². The fourth-order valence-corrected chi connectivity index (χ4v) is 4.05. The highest BCUT2D eigenvalue weighted by molar-refractivity contribution is 8.14. The number of thioether (sulfide) groups is 1. The van der Waals surface area contributed by atoms with Crippen LogP contribution in [-0.4, -0.2) is 71.0 Å². The Hall–Kier alpha value is -0.340. The molecule has 1 N–H and O–H groups in total. The molecule has 2 fully saturated rings. The molecule has 0 saturated carbocycles. The average molecular weight is 302 g/mol. The van der Waals surface area contributed by atoms with Gasteiger partial charge in [-0.3, -0.25) is 4.99 Å². The normalized spacial score (nSPS) is 43.7. The number of hydrogen-bond donors (Lipinski definition) is 1. The molecule has 7 heteroatoms. The van der Waals surface area contributed by atoms with E-state index in [9.17, 15) is 5.11 Å². The molecule has 3 heterocycles. The number of aliphatic imine (C=N–C) groups is 1. The van der Waals surface area contributed by atoms with Crippen molar-refractivity contribution in [2.45, 2.75) is 62.5 Å². The molecule has 6 atom stereocenters. The third-order valence-corrected chi connectivity index (χ3v) is 5.04. The van der Waals surface area contributed by atoms with Gasteiger partial charge in [0.1, 0.15) is 29.8 Å². The lowest BCUT2D eigenvalue weighted by molar-refractivity contribution is -0.168. The van der Waals surface area contributed by atoms with E-state index in [1.54, 1.807) is 18.7 Å². The molecule has 0 radical (unpaired) electrons. The molecular formula is C13H22N2O4S. The first kappa shape index (κ1) is 14.6. The van der Waals surface area contributed by atoms with Crippen LogP contribution in [0.1, 0.15) is 20.8 Å². The summed E-state index contributed by atoms with van der Waals surface area (Å²) >= 11 is 1.58. The maximum absolute atomic E-state index is 9.97. The summed E-state index contributed by atoms with van der Waals surface area (Å²) in [4.78, 5) is 6.68. The summed E-state index contributed by atoms with van der Waals surface area (Å²) in [6.07, 6.45) is -1.44. The van der Waals surface area contributed by atoms with Crippen molar-refractivity contribution < 1.29 is 19.3 Å². The second-order valence-electron chi connectivity index (χ2n) is 6.19. The molecule has 0 aromatic heterocycles. The minimum absolute atomic E-state index is 0.0841. The zero-order valence-electron chi connectivity index (χ0n) is 12.4. The second kappa shape index (κ2) is 4.84. The number of hydrogen-bond acceptors (Lipinski definition) is 7. The molecule has 2 saturated heterocycles. The third-order valence-electron chi connectivity index (χ3n) is 3.73. The standard InChI is InChI=1S/C13H22N2O4S/c1-6(16)8-10-9(18-13(2,3)19-10)7-11(17-8)20-12(14-7)15(4)5/h6-11,16H,1-5H3/t6?,7-,8-,9-,10-,11-/m1/s1. The zero-order chi connectivity index (χ0) is 14.7. The highest BCUT2D eigenvalue weighted by atomic mass is 32.2. The molecule has 114 valence electrons. The van der Waals surface area contributed by atoms with Gasteiger partial charge in [-0.25, -0.2) is 0 Å². The molecule has 3 aliphatic heterocycles. The summed E-state index contributed by atoms with van der Waals surface area (Å²) in [6, 6.07) is -0.0841. The summed E-state index contributed by atoms with van der Waals surface area (Å²) in [5.41, 5.74) is -0.120. The highest BCUT2D eigenvalue weighted by Crippen LogP contribution is 2.45. The van der Waals surface area contributed by atoms with Gasteiger partial charge in [0.25, 0.3) is 0 Å². The minimum atomic E-state index is -0.665. The van der Waals surface area contributed by atoms with Crippen molar-refractivity contribution in [1.29, 1.82) is 0 Å². The maximum atomic E-state index is 9.97. The van der Waals surface area contributed by atoms with Crippen molar-refractivity contribution in [3.63, 3.8) is 0 Å². The Bertz CT molecular complexity index is 427. The smallest absolute Gasteiger partial charge is 0.164 e. The lowest BCUT2D eigenvalue weighted by atomic mass is 9.95. The number of amidine groups is 1. The largest absolute Gasteiger partial charge is 0.391 e. The first-order valence-electron chi connectivity index (χ1n) is 6.89. The van der Waals surface area contributed by atoms with Crippen LogP contribution in [0.25, 0.3) is 0 Å². The van der Waals surface area contributed by atoms with E-state index in [1.165, 1.54) is 0 Å². The van der Waals surface area contributed by atoms with Crippen molar-refractivity contribution in [3.8, 4) is 0 Å². The first-order valence-corrected chi connectivity index (χ1v) is 7.77. The molecule has 0 bridgehead atoms. The van der Waals surface area contributed by atoms with Crippen LogP contribution in [0.3, 0.4) is 0 Å². The fraction of sp³-hybridized carbons (Fsp3) is 0.923. The number of ether oxygens (including phenoxy) is 3. The molecule has 3 rings (SSSR count). The van der Waals surface area contributed by atoms with Crippen molar-refractivity contribution in [1.82, 2.24) is 4.90 Å². The average Bonchev–Trinajstić information content (AvgIpc) is 2.86. The zero-order valence-corrected chi connectivity index (χ0v) is 13.3. The quantitative estimate of drug-likeness (QED) is 0.767. The van der Waals surface area contributed by atoms with Gasteiger partial charge < -0.3 is 24.2 Å². The van der Waals surface area contributed by atoms with Gasteiger partial charge >= 0.3 is 0 Å². The maximum Gasteiger partial charge on any atom is 0.164 e. The molecule has 1 unspecified atom stereocenters. The molecule has 3 aliphatic rings. The highest BCUT2D eigenvalue weighted by Gasteiger charge is 2.58. The van der Waals surface area contributed by atoms with E-state index in [4.69, 9.17) is 19.2 Å². The van der Waals surface area contributed by atoms with Gasteiger partial charge in [-0.05, 0) is 20.8 Å². The predicted octanol–water partition coefficient (Wildman–Crippen LogP) is 0.645. The summed E-state index contributed by atoms with van der Waals surface area (Å²) in [6.45, 7) is 5.50. The Labute approximate surface area is 123 Å². The Kier molecular flexibility index (Phi) is 3.53. The molecule has 6 nitrogen and oxygen atoms in total. The van der Waals surface area contributed by atoms with E-state index in [0.29, 0.717) is 0 Å². The van der Waals surface area contributed by atoms with Crippen LogP contribution >= 0.6 is 11.8 Å². The van der Waals surface area contributed by atoms with Gasteiger partial charge in [0, 0.05) is 14.1 Å². The molecule has 0 aliphatic carbocycles. The number of aliphatic hydroxyl groups excluding tert-OH is 1. The minimum Gasteiger partial charge on any atom is -0.391 e. The van der Waals surface area contributed by atoms with Gasteiger partial charge in [0.05, 0.1) is 6.10 Å². The van der Waals surface area contributed by atoms with Crippen LogP contribution in [0, 0.1) is 0 Å². The predicted molar refractivity (Wildman–Crippen MR) is 76.7 cm³/mol. The van der Waals surface area contributed by atoms with E-state index in [0.717, 1.165) is 5.17 Å². The van der Waals surface area contributed by atoms with Crippen LogP contribution in [0.2, 0.25) is 0 Å². The van der Waals surface area contributed by atoms with Crippen LogP contribution in [0.4, 0.5) is 0 Å². The van der Waals surface area contributed by atoms with Crippen LogP contribution in [0.5, 0.6) is 0 Å². The second-order valence-corrected chi connectivity index (χ2v) is 7.25. The van der Waals surface area contributed by atoms with Gasteiger partial charge in [-0.2, -0.15) is 0 Å². The van der Waals surface area contributed by atoms with Crippen molar-refractivity contribution >= 4 is 16.9 Å². The molecule has 0 spiro atoms. The SMILES string of the molecule is CC(O)[C@H]1O[C@@H]2SC(N(C)C)=N[C@@H]2[C@H]2OC(C)(C)O[C@@H]21. The first-order chi connectivity index (χ1) is 9.28. The Morgan fingerprint density at radius 1 is 1.30 bits per heavy atom. The summed E-state index contributed by atoms with van der Waals surface area (Å²) < 4.78 is 18.0. The van der Waals surface area contributed by atoms with Crippen LogP contribution in [-0.2, 0) is 14.2 Å². The number of aliphatic hydroxyl groups is 1. The van der Waals surface area contributed by atoms with E-state index in [2.05, 4.69) is 0 Å². The summed E-state index contributed by atoms with van der Waals surface area (Å²) in [7, 11) is 3.92. The van der Waals surface area contributed by atoms with E-state index in [1.807, 2.05) is 32.8 Å². The lowest BCUT2D eigenvalue weighted by Gasteiger charge is -2.38. The molecule has 20 heavy (non-hydrogen) atoms. The monoisotopic (exact) mass is 302 g/mol. The molecule has 0 aromatic rings. The fourth-order valence-electron chi connectivity index (χ4n) is 2.91. The van der Waals surface area contributed by atoms with Gasteiger partial charge in [0.2, 0.25) is 0 Å². The topological polar surface area (TPSA) is 63.5 Å². The Morgan fingerprint density at radius 3 is 2.55 bits per heavy atom.